The zero-order chi connectivity index (χ0) is 9.40. The molecule has 0 rings (SSSR count). The minimum Gasteiger partial charge on any atom is -0.380 e. The van der Waals surface area contributed by atoms with E-state index in [-0.39, 0.29) is 0 Å². The summed E-state index contributed by atoms with van der Waals surface area (Å²) in [6, 6.07) is 0. The van der Waals surface area contributed by atoms with Gasteiger partial charge in [0.25, 0.3) is 0 Å². The fourth-order valence-electron chi connectivity index (χ4n) is 1.15. The number of hydrogen-bond donors (Lipinski definition) is 1. The molecule has 2 nitrogen and oxygen atoms in total. The molecule has 72 valence electrons. The van der Waals surface area contributed by atoms with Crippen LogP contribution >= 0.6 is 0 Å². The summed E-state index contributed by atoms with van der Waals surface area (Å²) in [4.78, 5) is 0. The molecule has 0 heterocycles. The van der Waals surface area contributed by atoms with Crippen LogP contribution in [0.2, 0.25) is 0 Å². The summed E-state index contributed by atoms with van der Waals surface area (Å²) in [5.41, 5.74) is 8.32. The Labute approximate surface area is 75.8 Å². The van der Waals surface area contributed by atoms with Crippen LogP contribution in [0, 0.1) is 0 Å². The van der Waals surface area contributed by atoms with Gasteiger partial charge in [-0.25, -0.2) is 0 Å². The highest BCUT2D eigenvalue weighted by molar-refractivity contribution is 5.12. The van der Waals surface area contributed by atoms with E-state index in [0.29, 0.717) is 0 Å². The third kappa shape index (κ3) is 4.52. The van der Waals surface area contributed by atoms with Gasteiger partial charge in [-0.2, -0.15) is 0 Å². The molecule has 0 spiro atoms. The van der Waals surface area contributed by atoms with E-state index in [1.165, 1.54) is 11.1 Å². The van der Waals surface area contributed by atoms with Crippen molar-refractivity contribution in [2.75, 3.05) is 20.3 Å². The Balaban J connectivity index is 4.02. The van der Waals surface area contributed by atoms with Gasteiger partial charge in [0.1, 0.15) is 0 Å². The SMILES string of the molecule is CCC(C)=C(CCCN)COC. The van der Waals surface area contributed by atoms with E-state index >= 15 is 0 Å². The van der Waals surface area contributed by atoms with Crippen LogP contribution < -0.4 is 5.73 Å². The summed E-state index contributed by atoms with van der Waals surface area (Å²) in [5.74, 6) is 0. The van der Waals surface area contributed by atoms with Crippen molar-refractivity contribution >= 4 is 0 Å². The maximum absolute atomic E-state index is 5.45. The van der Waals surface area contributed by atoms with Crippen LogP contribution in [0.3, 0.4) is 0 Å². The minimum atomic E-state index is 0.764. The lowest BCUT2D eigenvalue weighted by molar-refractivity contribution is 0.221. The molecule has 0 aliphatic heterocycles. The van der Waals surface area contributed by atoms with Crippen LogP contribution in [0.1, 0.15) is 33.1 Å². The van der Waals surface area contributed by atoms with Gasteiger partial charge in [-0.15, -0.1) is 0 Å². The van der Waals surface area contributed by atoms with E-state index in [1.807, 2.05) is 0 Å². The fourth-order valence-corrected chi connectivity index (χ4v) is 1.15. The van der Waals surface area contributed by atoms with E-state index in [0.717, 1.165) is 32.4 Å². The average molecular weight is 171 g/mol. The van der Waals surface area contributed by atoms with Crippen molar-refractivity contribution in [2.24, 2.45) is 5.73 Å². The number of hydrogen-bond acceptors (Lipinski definition) is 2. The number of allylic oxidation sites excluding steroid dienone is 1. The second kappa shape index (κ2) is 7.32. The highest BCUT2D eigenvalue weighted by Gasteiger charge is 2.00. The predicted octanol–water partition coefficient (Wildman–Crippen LogP) is 2.10. The molecule has 0 amide bonds. The molecule has 0 aliphatic rings. The van der Waals surface area contributed by atoms with Gasteiger partial charge in [-0.3, -0.25) is 0 Å². The second-order valence-corrected chi connectivity index (χ2v) is 3.06. The molecule has 0 aliphatic carbocycles. The maximum Gasteiger partial charge on any atom is 0.0675 e. The Kier molecular flexibility index (Phi) is 7.11. The molecular weight excluding hydrogens is 150 g/mol. The summed E-state index contributed by atoms with van der Waals surface area (Å²) in [5, 5.41) is 0. The van der Waals surface area contributed by atoms with Crippen LogP contribution in [0.25, 0.3) is 0 Å². The molecule has 12 heavy (non-hydrogen) atoms. The molecule has 0 aromatic rings. The molecule has 0 radical (unpaired) electrons. The zero-order valence-corrected chi connectivity index (χ0v) is 8.52. The second-order valence-electron chi connectivity index (χ2n) is 3.06. The number of methoxy groups -OCH3 is 1. The topological polar surface area (TPSA) is 35.2 Å². The van der Waals surface area contributed by atoms with Crippen LogP contribution in [0.4, 0.5) is 0 Å². The monoisotopic (exact) mass is 171 g/mol. The molecule has 0 unspecified atom stereocenters. The van der Waals surface area contributed by atoms with Crippen molar-refractivity contribution in [3.05, 3.63) is 11.1 Å². The van der Waals surface area contributed by atoms with Gasteiger partial charge in [0.15, 0.2) is 0 Å². The van der Waals surface area contributed by atoms with Crippen LogP contribution in [0.5, 0.6) is 0 Å². The highest BCUT2D eigenvalue weighted by Crippen LogP contribution is 2.13. The van der Waals surface area contributed by atoms with Crippen LogP contribution in [-0.2, 0) is 4.74 Å². The standard InChI is InChI=1S/C10H21NO/c1-4-9(2)10(8-12-3)6-5-7-11/h4-8,11H2,1-3H3. The quantitative estimate of drug-likeness (QED) is 0.621. The molecule has 0 saturated heterocycles. The van der Waals surface area contributed by atoms with E-state index < -0.39 is 0 Å². The van der Waals surface area contributed by atoms with Gasteiger partial charge in [0.05, 0.1) is 6.61 Å². The third-order valence-electron chi connectivity index (χ3n) is 2.14. The van der Waals surface area contributed by atoms with E-state index in [1.54, 1.807) is 7.11 Å². The molecule has 0 atom stereocenters. The molecule has 0 fully saturated rings. The van der Waals surface area contributed by atoms with E-state index in [9.17, 15) is 0 Å². The Morgan fingerprint density at radius 1 is 1.42 bits per heavy atom. The first-order valence-electron chi connectivity index (χ1n) is 4.62. The van der Waals surface area contributed by atoms with Crippen molar-refractivity contribution in [3.63, 3.8) is 0 Å². The van der Waals surface area contributed by atoms with Gasteiger partial charge in [-0.1, -0.05) is 12.5 Å². The van der Waals surface area contributed by atoms with Crippen molar-refractivity contribution in [1.29, 1.82) is 0 Å². The largest absolute Gasteiger partial charge is 0.380 e. The smallest absolute Gasteiger partial charge is 0.0675 e. The Bertz CT molecular complexity index is 141. The predicted molar refractivity (Wildman–Crippen MR) is 53.2 cm³/mol. The number of rotatable bonds is 6. The minimum absolute atomic E-state index is 0.764. The van der Waals surface area contributed by atoms with Gasteiger partial charge < -0.3 is 10.5 Å². The summed E-state index contributed by atoms with van der Waals surface area (Å²) < 4.78 is 5.13. The first kappa shape index (κ1) is 11.7. The van der Waals surface area contributed by atoms with E-state index in [2.05, 4.69) is 13.8 Å². The van der Waals surface area contributed by atoms with Crippen LogP contribution in [-0.4, -0.2) is 20.3 Å². The molecule has 0 aromatic carbocycles. The van der Waals surface area contributed by atoms with Crippen molar-refractivity contribution in [1.82, 2.24) is 0 Å². The summed E-state index contributed by atoms with van der Waals surface area (Å²) in [7, 11) is 1.74. The molecule has 0 bridgehead atoms. The Morgan fingerprint density at radius 2 is 2.08 bits per heavy atom. The average Bonchev–Trinajstić information content (AvgIpc) is 2.11. The van der Waals surface area contributed by atoms with Crippen LogP contribution in [0.15, 0.2) is 11.1 Å². The highest BCUT2D eigenvalue weighted by atomic mass is 16.5. The Hall–Kier alpha value is -0.340. The summed E-state index contributed by atoms with van der Waals surface area (Å²) in [6.45, 7) is 5.88. The lowest BCUT2D eigenvalue weighted by Crippen LogP contribution is -2.03. The zero-order valence-electron chi connectivity index (χ0n) is 8.52. The third-order valence-corrected chi connectivity index (χ3v) is 2.14. The number of nitrogens with two attached hydrogens (primary N) is 1. The lowest BCUT2D eigenvalue weighted by atomic mass is 10.0. The Morgan fingerprint density at radius 3 is 2.50 bits per heavy atom. The molecular formula is C10H21NO. The van der Waals surface area contributed by atoms with E-state index in [4.69, 9.17) is 10.5 Å². The van der Waals surface area contributed by atoms with Gasteiger partial charge in [-0.05, 0) is 38.3 Å². The molecule has 0 aromatic heterocycles. The van der Waals surface area contributed by atoms with Crippen molar-refractivity contribution in [2.45, 2.75) is 33.1 Å². The first-order valence-corrected chi connectivity index (χ1v) is 4.62. The first-order chi connectivity index (χ1) is 5.76. The van der Waals surface area contributed by atoms with Gasteiger partial charge in [0, 0.05) is 7.11 Å². The maximum atomic E-state index is 5.45. The van der Waals surface area contributed by atoms with Crippen molar-refractivity contribution < 1.29 is 4.74 Å². The summed E-state index contributed by atoms with van der Waals surface area (Å²) in [6.07, 6.45) is 3.27. The van der Waals surface area contributed by atoms with Gasteiger partial charge in [0.2, 0.25) is 0 Å². The molecule has 2 heteroatoms. The number of ether oxygens (including phenoxy) is 1. The van der Waals surface area contributed by atoms with Crippen molar-refractivity contribution in [3.8, 4) is 0 Å². The molecule has 2 N–H and O–H groups in total. The van der Waals surface area contributed by atoms with Gasteiger partial charge >= 0.3 is 0 Å². The fraction of sp³-hybridized carbons (Fsp3) is 0.800. The lowest BCUT2D eigenvalue weighted by Gasteiger charge is -2.09. The normalized spacial score (nSPS) is 13.0. The summed E-state index contributed by atoms with van der Waals surface area (Å²) >= 11 is 0. The molecule has 0 saturated carbocycles.